The van der Waals surface area contributed by atoms with E-state index >= 15 is 0 Å². The van der Waals surface area contributed by atoms with Crippen molar-refractivity contribution >= 4 is 27.8 Å². The van der Waals surface area contributed by atoms with E-state index in [1.54, 1.807) is 38.1 Å². The third kappa shape index (κ3) is 5.50. The molecule has 8 heteroatoms. The molecule has 0 bridgehead atoms. The van der Waals surface area contributed by atoms with E-state index in [-0.39, 0.29) is 17.0 Å². The molecule has 2 fully saturated rings. The van der Waals surface area contributed by atoms with Gasteiger partial charge in [-0.3, -0.25) is 10.1 Å². The van der Waals surface area contributed by atoms with Crippen LogP contribution in [0.4, 0.5) is 0 Å². The van der Waals surface area contributed by atoms with Gasteiger partial charge in [-0.05, 0) is 55.5 Å². The van der Waals surface area contributed by atoms with Gasteiger partial charge in [0.2, 0.25) is 10.0 Å². The van der Waals surface area contributed by atoms with Crippen LogP contribution in [0.25, 0.3) is 11.1 Å². The van der Waals surface area contributed by atoms with Crippen LogP contribution in [0.15, 0.2) is 53.4 Å². The molecule has 1 saturated heterocycles. The fourth-order valence-corrected chi connectivity index (χ4v) is 8.30. The summed E-state index contributed by atoms with van der Waals surface area (Å²) in [7, 11) is -3.94. The fourth-order valence-electron chi connectivity index (χ4n) is 5.20. The molecule has 1 aliphatic heterocycles. The molecule has 1 heterocycles. The molecule has 0 unspecified atom stereocenters. The number of terminal acetylenes is 1. The molecule has 36 heavy (non-hydrogen) atoms. The number of nitrogens with zero attached hydrogens (tertiary/aromatic N) is 1. The van der Waals surface area contributed by atoms with Crippen molar-refractivity contribution in [1.82, 2.24) is 9.62 Å². The van der Waals surface area contributed by atoms with Gasteiger partial charge in [-0.2, -0.15) is 16.1 Å². The maximum Gasteiger partial charge on any atom is 0.323 e. The number of thioether (sulfide) groups is 1. The Balaban J connectivity index is 1.47. The molecule has 0 spiro atoms. The number of carboxylic acids is 1. The Kier molecular flexibility index (Phi) is 7.86. The second-order valence-corrected chi connectivity index (χ2v) is 13.8. The molecule has 192 valence electrons. The van der Waals surface area contributed by atoms with Crippen LogP contribution < -0.4 is 5.32 Å². The second-order valence-electron chi connectivity index (χ2n) is 10.2. The van der Waals surface area contributed by atoms with E-state index in [1.807, 2.05) is 12.1 Å². The van der Waals surface area contributed by atoms with Gasteiger partial charge in [0.25, 0.3) is 0 Å². The minimum Gasteiger partial charge on any atom is -0.480 e. The van der Waals surface area contributed by atoms with Crippen molar-refractivity contribution in [3.8, 4) is 23.5 Å². The molecule has 0 amide bonds. The molecule has 1 saturated carbocycles. The monoisotopic (exact) mass is 526 g/mol. The molecule has 1 aliphatic carbocycles. The van der Waals surface area contributed by atoms with Gasteiger partial charge < -0.3 is 5.11 Å². The van der Waals surface area contributed by atoms with Crippen molar-refractivity contribution in [3.63, 3.8) is 0 Å². The molecule has 2 aromatic rings. The zero-order chi connectivity index (χ0) is 26.0. The van der Waals surface area contributed by atoms with Crippen molar-refractivity contribution in [2.24, 2.45) is 0 Å². The van der Waals surface area contributed by atoms with E-state index in [0.717, 1.165) is 46.7 Å². The number of sulfonamides is 1. The molecule has 0 aromatic heterocycles. The maximum absolute atomic E-state index is 13.4. The maximum atomic E-state index is 13.4. The number of rotatable bonds is 7. The molecule has 1 atom stereocenters. The van der Waals surface area contributed by atoms with E-state index in [0.29, 0.717) is 12.3 Å². The first kappa shape index (κ1) is 26.7. The predicted octanol–water partition coefficient (Wildman–Crippen LogP) is 4.75. The highest BCUT2D eigenvalue weighted by Gasteiger charge is 2.48. The quantitative estimate of drug-likeness (QED) is 0.507. The molecular weight excluding hydrogens is 492 g/mol. The van der Waals surface area contributed by atoms with Gasteiger partial charge in [0.15, 0.2) is 0 Å². The first-order chi connectivity index (χ1) is 17.1. The number of aliphatic carboxylic acids is 1. The van der Waals surface area contributed by atoms with Crippen LogP contribution in [-0.2, 0) is 21.4 Å². The van der Waals surface area contributed by atoms with Crippen LogP contribution in [0.3, 0.4) is 0 Å². The van der Waals surface area contributed by atoms with E-state index < -0.39 is 26.8 Å². The van der Waals surface area contributed by atoms with Crippen molar-refractivity contribution in [2.45, 2.75) is 73.7 Å². The number of carbonyl (C=O) groups is 1. The number of nitrogens with one attached hydrogen (secondary N) is 1. The highest BCUT2D eigenvalue weighted by molar-refractivity contribution is 8.00. The van der Waals surface area contributed by atoms with Gasteiger partial charge in [0.1, 0.15) is 6.04 Å². The molecule has 4 rings (SSSR count). The Morgan fingerprint density at radius 1 is 1.08 bits per heavy atom. The van der Waals surface area contributed by atoms with Crippen LogP contribution in [-0.4, -0.2) is 52.4 Å². The lowest BCUT2D eigenvalue weighted by molar-refractivity contribution is -0.142. The van der Waals surface area contributed by atoms with Crippen LogP contribution in [0.5, 0.6) is 0 Å². The van der Waals surface area contributed by atoms with Crippen molar-refractivity contribution in [1.29, 1.82) is 0 Å². The number of benzene rings is 2. The first-order valence-corrected chi connectivity index (χ1v) is 14.8. The third-order valence-electron chi connectivity index (χ3n) is 7.33. The summed E-state index contributed by atoms with van der Waals surface area (Å²) in [6.45, 7) is 4.44. The Hall–Kier alpha value is -2.31. The summed E-state index contributed by atoms with van der Waals surface area (Å²) in [4.78, 5) is 12.1. The Morgan fingerprint density at radius 2 is 1.67 bits per heavy atom. The minimum absolute atomic E-state index is 0.105. The van der Waals surface area contributed by atoms with Gasteiger partial charge in [0, 0.05) is 23.6 Å². The van der Waals surface area contributed by atoms with Gasteiger partial charge >= 0.3 is 5.97 Å². The summed E-state index contributed by atoms with van der Waals surface area (Å²) in [5.41, 5.74) is 2.81. The van der Waals surface area contributed by atoms with Gasteiger partial charge in [-0.15, -0.1) is 6.42 Å². The number of hydrogen-bond acceptors (Lipinski definition) is 5. The van der Waals surface area contributed by atoms with E-state index in [1.165, 1.54) is 18.2 Å². The van der Waals surface area contributed by atoms with E-state index in [4.69, 9.17) is 6.42 Å². The Morgan fingerprint density at radius 3 is 2.22 bits per heavy atom. The Bertz CT molecular complexity index is 1230. The highest BCUT2D eigenvalue weighted by atomic mass is 32.2. The normalized spacial score (nSPS) is 22.0. The highest BCUT2D eigenvalue weighted by Crippen LogP contribution is 2.38. The Labute approximate surface area is 218 Å². The number of hydrogen-bond donors (Lipinski definition) is 2. The average Bonchev–Trinajstić information content (AvgIpc) is 2.87. The molecule has 2 N–H and O–H groups in total. The van der Waals surface area contributed by atoms with Crippen LogP contribution in [0.1, 0.15) is 51.5 Å². The van der Waals surface area contributed by atoms with Crippen molar-refractivity contribution < 1.29 is 18.3 Å². The fraction of sp³-hybridized carbons (Fsp3) is 0.464. The third-order valence-corrected chi connectivity index (χ3v) is 10.6. The molecule has 2 aromatic carbocycles. The summed E-state index contributed by atoms with van der Waals surface area (Å²) in [6, 6.07) is 13.7. The van der Waals surface area contributed by atoms with Crippen molar-refractivity contribution in [2.75, 3.05) is 12.3 Å². The van der Waals surface area contributed by atoms with Gasteiger partial charge in [-0.25, -0.2) is 8.42 Å². The molecule has 0 radical (unpaired) electrons. The predicted molar refractivity (Wildman–Crippen MR) is 145 cm³/mol. The molecular formula is C28H34N2O4S2. The van der Waals surface area contributed by atoms with Crippen molar-refractivity contribution in [3.05, 3.63) is 54.1 Å². The summed E-state index contributed by atoms with van der Waals surface area (Å²) < 4.78 is 27.2. The smallest absolute Gasteiger partial charge is 0.323 e. The van der Waals surface area contributed by atoms with Gasteiger partial charge in [0.05, 0.1) is 10.4 Å². The SMILES string of the molecule is C#CC1(NCc2ccc(-c3ccc(S(=O)(=O)N4CCSC(C)(C)[C@@H]4C(=O)O)cc3)cc2)CCCCC1. The van der Waals surface area contributed by atoms with Gasteiger partial charge in [-0.1, -0.05) is 61.6 Å². The van der Waals surface area contributed by atoms with E-state index in [9.17, 15) is 18.3 Å². The summed E-state index contributed by atoms with van der Waals surface area (Å²) >= 11 is 1.48. The lowest BCUT2D eigenvalue weighted by Crippen LogP contribution is -2.58. The summed E-state index contributed by atoms with van der Waals surface area (Å²) in [6.07, 6.45) is 11.4. The van der Waals surface area contributed by atoms with Crippen LogP contribution in [0, 0.1) is 12.3 Å². The lowest BCUT2D eigenvalue weighted by Gasteiger charge is -2.42. The number of carboxylic acid groups (broad SMARTS) is 1. The zero-order valence-electron chi connectivity index (χ0n) is 20.9. The lowest BCUT2D eigenvalue weighted by atomic mass is 9.82. The average molecular weight is 527 g/mol. The largest absolute Gasteiger partial charge is 0.480 e. The van der Waals surface area contributed by atoms with Crippen LogP contribution >= 0.6 is 11.8 Å². The summed E-state index contributed by atoms with van der Waals surface area (Å²) in [5.74, 6) is 2.41. The zero-order valence-corrected chi connectivity index (χ0v) is 22.5. The minimum atomic E-state index is -3.94. The first-order valence-electron chi connectivity index (χ1n) is 12.4. The molecule has 6 nitrogen and oxygen atoms in total. The standard InChI is InChI=1S/C28H34N2O4S2/c1-4-28(16-6-5-7-17-28)29-20-21-8-10-22(11-9-21)23-12-14-24(15-13-23)36(33,34)30-18-19-35-27(2,3)25(30)26(31)32/h1,8-15,25,29H,5-7,16-20H2,2-3H3,(H,31,32)/t25-/m0/s1. The second kappa shape index (κ2) is 10.6. The topological polar surface area (TPSA) is 86.7 Å². The summed E-state index contributed by atoms with van der Waals surface area (Å²) in [5, 5.41) is 13.4. The van der Waals surface area contributed by atoms with E-state index in [2.05, 4.69) is 23.4 Å². The van der Waals surface area contributed by atoms with Crippen LogP contribution in [0.2, 0.25) is 0 Å². The molecule has 2 aliphatic rings.